The fourth-order valence-corrected chi connectivity index (χ4v) is 5.51. The number of halogens is 6. The van der Waals surface area contributed by atoms with Crippen molar-refractivity contribution in [2.24, 2.45) is 0 Å². The maximum Gasteiger partial charge on any atom is 0.416 e. The highest BCUT2D eigenvalue weighted by molar-refractivity contribution is 9.10. The van der Waals surface area contributed by atoms with Gasteiger partial charge in [0, 0.05) is 47.3 Å². The summed E-state index contributed by atoms with van der Waals surface area (Å²) in [5.41, 5.74) is -0.100. The van der Waals surface area contributed by atoms with Crippen molar-refractivity contribution in [2.75, 3.05) is 24.5 Å². The summed E-state index contributed by atoms with van der Waals surface area (Å²) in [6.07, 6.45) is -5.20. The Hall–Kier alpha value is -3.28. The third kappa shape index (κ3) is 6.71. The van der Waals surface area contributed by atoms with E-state index in [0.29, 0.717) is 27.5 Å². The minimum atomic E-state index is -4.67. The number of hydrogen-bond donors (Lipinski definition) is 2. The molecule has 0 bridgehead atoms. The van der Waals surface area contributed by atoms with Gasteiger partial charge < -0.3 is 15.3 Å². The third-order valence-corrected chi connectivity index (χ3v) is 7.50. The highest BCUT2D eigenvalue weighted by atomic mass is 79.9. The molecule has 1 amide bonds. The van der Waals surface area contributed by atoms with Gasteiger partial charge in [-0.05, 0) is 49.6 Å². The van der Waals surface area contributed by atoms with E-state index in [9.17, 15) is 36.6 Å². The first-order valence-electron chi connectivity index (χ1n) is 12.7. The maximum absolute atomic E-state index is 14.2. The lowest BCUT2D eigenvalue weighted by Gasteiger charge is -2.34. The molecule has 0 unspecified atom stereocenters. The van der Waals surface area contributed by atoms with Gasteiger partial charge in [-0.25, -0.2) is 13.8 Å². The Morgan fingerprint density at radius 1 is 1.20 bits per heavy atom. The first kappa shape index (κ1) is 29.7. The number of benzene rings is 2. The molecule has 1 aliphatic heterocycles. The van der Waals surface area contributed by atoms with Crippen LogP contribution in [0.2, 0.25) is 0 Å². The average Bonchev–Trinajstić information content (AvgIpc) is 2.87. The molecule has 0 saturated carbocycles. The second-order valence-corrected chi connectivity index (χ2v) is 10.8. The van der Waals surface area contributed by atoms with Crippen LogP contribution in [0.1, 0.15) is 58.6 Å². The molecular formula is C28H27BrF5N3O3. The normalized spacial score (nSPS) is 16.1. The highest BCUT2D eigenvalue weighted by Crippen LogP contribution is 2.37. The number of alkyl halides is 5. The second kappa shape index (κ2) is 11.7. The molecule has 0 spiro atoms. The maximum atomic E-state index is 14.2. The van der Waals surface area contributed by atoms with Crippen molar-refractivity contribution >= 4 is 44.5 Å². The first-order chi connectivity index (χ1) is 18.8. The summed E-state index contributed by atoms with van der Waals surface area (Å²) in [7, 11) is 0. The van der Waals surface area contributed by atoms with E-state index in [1.165, 1.54) is 23.1 Å². The lowest BCUT2D eigenvalue weighted by molar-refractivity contribution is -0.138. The van der Waals surface area contributed by atoms with Crippen molar-refractivity contribution in [3.8, 4) is 0 Å². The molecule has 2 aromatic carbocycles. The van der Waals surface area contributed by atoms with Crippen molar-refractivity contribution in [1.82, 2.24) is 10.3 Å². The number of carbonyl (C=O) groups is 2. The van der Waals surface area contributed by atoms with Gasteiger partial charge in [-0.2, -0.15) is 13.2 Å². The van der Waals surface area contributed by atoms with Crippen molar-refractivity contribution in [1.29, 1.82) is 0 Å². The van der Waals surface area contributed by atoms with Gasteiger partial charge in [-0.1, -0.05) is 34.1 Å². The summed E-state index contributed by atoms with van der Waals surface area (Å²) in [6.45, 7) is 1.12. The predicted molar refractivity (Wildman–Crippen MR) is 144 cm³/mol. The lowest BCUT2D eigenvalue weighted by Crippen LogP contribution is -2.43. The van der Waals surface area contributed by atoms with E-state index in [0.717, 1.165) is 6.07 Å². The molecule has 12 heteroatoms. The molecule has 1 atom stereocenters. The Balaban J connectivity index is 1.71. The Labute approximate surface area is 235 Å². The van der Waals surface area contributed by atoms with E-state index in [1.54, 1.807) is 25.1 Å². The summed E-state index contributed by atoms with van der Waals surface area (Å²) in [5.74, 6) is -5.42. The zero-order valence-electron chi connectivity index (χ0n) is 21.5. The van der Waals surface area contributed by atoms with E-state index in [4.69, 9.17) is 0 Å². The average molecular weight is 628 g/mol. The SMILES string of the molecule is Cc1c(N2CCCC(F)(F)C2)nc2ccc(Br)cc2c1C(=O)NC[C@@H](CCC(=O)O)c1ccccc1C(F)(F)F. The number of aromatic nitrogens is 1. The van der Waals surface area contributed by atoms with Crippen molar-refractivity contribution in [2.45, 2.75) is 50.6 Å². The largest absolute Gasteiger partial charge is 0.481 e. The van der Waals surface area contributed by atoms with Gasteiger partial charge in [-0.15, -0.1) is 0 Å². The minimum absolute atomic E-state index is 0.119. The summed E-state index contributed by atoms with van der Waals surface area (Å²) in [6, 6.07) is 9.89. The Morgan fingerprint density at radius 3 is 2.60 bits per heavy atom. The second-order valence-electron chi connectivity index (χ2n) is 9.90. The lowest BCUT2D eigenvalue weighted by atomic mass is 9.89. The van der Waals surface area contributed by atoms with Gasteiger partial charge in [0.2, 0.25) is 0 Å². The molecule has 6 nitrogen and oxygen atoms in total. The Kier molecular flexibility index (Phi) is 8.67. The molecule has 1 aromatic heterocycles. The molecule has 1 fully saturated rings. The molecule has 1 saturated heterocycles. The van der Waals surface area contributed by atoms with Crippen LogP contribution in [-0.2, 0) is 11.0 Å². The van der Waals surface area contributed by atoms with Gasteiger partial charge in [0.15, 0.2) is 0 Å². The number of piperidine rings is 1. The van der Waals surface area contributed by atoms with Crippen LogP contribution in [0.3, 0.4) is 0 Å². The van der Waals surface area contributed by atoms with Crippen LogP contribution in [0.5, 0.6) is 0 Å². The van der Waals surface area contributed by atoms with Crippen molar-refractivity contribution < 1.29 is 36.6 Å². The van der Waals surface area contributed by atoms with E-state index in [-0.39, 0.29) is 42.8 Å². The number of fused-ring (bicyclic) bond motifs is 1. The first-order valence-corrected chi connectivity index (χ1v) is 13.4. The number of hydrogen-bond acceptors (Lipinski definition) is 4. The molecule has 40 heavy (non-hydrogen) atoms. The number of nitrogens with one attached hydrogen (secondary N) is 1. The number of anilines is 1. The zero-order chi connectivity index (χ0) is 29.2. The standard InChI is InChI=1S/C28H27BrF5N3O3/c1-16-24(20-13-18(29)8-9-22(20)36-25(16)37-12-4-11-27(30,31)15-37)26(40)35-14-17(7-10-23(38)39)19-5-2-3-6-21(19)28(32,33)34/h2-3,5-6,8-9,13,17H,4,7,10-12,14-15H2,1H3,(H,35,40)(H,38,39)/t17-/m1/s1. The fraction of sp³-hybridized carbons (Fsp3) is 0.393. The van der Waals surface area contributed by atoms with Crippen LogP contribution in [0.15, 0.2) is 46.9 Å². The molecule has 2 N–H and O–H groups in total. The molecule has 1 aliphatic rings. The van der Waals surface area contributed by atoms with Gasteiger partial charge in [0.25, 0.3) is 11.8 Å². The van der Waals surface area contributed by atoms with E-state index < -0.39 is 48.4 Å². The van der Waals surface area contributed by atoms with Gasteiger partial charge in [-0.3, -0.25) is 9.59 Å². The summed E-state index contributed by atoms with van der Waals surface area (Å²) in [4.78, 5) is 30.9. The van der Waals surface area contributed by atoms with Gasteiger partial charge in [0.1, 0.15) is 5.82 Å². The number of carboxylic acid groups (broad SMARTS) is 1. The summed E-state index contributed by atoms with van der Waals surface area (Å²) < 4.78 is 70.3. The van der Waals surface area contributed by atoms with Crippen LogP contribution in [0.4, 0.5) is 27.8 Å². The highest BCUT2D eigenvalue weighted by Gasteiger charge is 2.37. The van der Waals surface area contributed by atoms with Crippen LogP contribution in [0, 0.1) is 6.92 Å². The van der Waals surface area contributed by atoms with E-state index in [1.807, 2.05) is 0 Å². The molecule has 3 aromatic rings. The smallest absolute Gasteiger partial charge is 0.416 e. The van der Waals surface area contributed by atoms with Crippen molar-refractivity contribution in [3.05, 3.63) is 69.2 Å². The van der Waals surface area contributed by atoms with Crippen LogP contribution in [0.25, 0.3) is 10.9 Å². The fourth-order valence-electron chi connectivity index (χ4n) is 5.15. The van der Waals surface area contributed by atoms with Gasteiger partial charge in [0.05, 0.1) is 23.2 Å². The number of aliphatic carboxylic acids is 1. The van der Waals surface area contributed by atoms with Gasteiger partial charge >= 0.3 is 12.1 Å². The van der Waals surface area contributed by atoms with Crippen LogP contribution in [-0.4, -0.2) is 47.5 Å². The Bertz CT molecular complexity index is 1430. The van der Waals surface area contributed by atoms with Crippen LogP contribution >= 0.6 is 15.9 Å². The molecule has 0 radical (unpaired) electrons. The quantitative estimate of drug-likeness (QED) is 0.264. The molecular weight excluding hydrogens is 601 g/mol. The number of nitrogens with zero attached hydrogens (tertiary/aromatic N) is 2. The van der Waals surface area contributed by atoms with Crippen molar-refractivity contribution in [3.63, 3.8) is 0 Å². The minimum Gasteiger partial charge on any atom is -0.481 e. The van der Waals surface area contributed by atoms with E-state index >= 15 is 0 Å². The number of amides is 1. The monoisotopic (exact) mass is 627 g/mol. The third-order valence-electron chi connectivity index (χ3n) is 7.01. The number of pyridine rings is 1. The van der Waals surface area contributed by atoms with E-state index in [2.05, 4.69) is 26.2 Å². The molecule has 214 valence electrons. The number of carbonyl (C=O) groups excluding carboxylic acids is 1. The molecule has 0 aliphatic carbocycles. The zero-order valence-corrected chi connectivity index (χ0v) is 23.1. The topological polar surface area (TPSA) is 82.5 Å². The summed E-state index contributed by atoms with van der Waals surface area (Å²) in [5, 5.41) is 12.3. The number of carboxylic acids is 1. The molecule has 4 rings (SSSR count). The Morgan fingerprint density at radius 2 is 1.93 bits per heavy atom. The summed E-state index contributed by atoms with van der Waals surface area (Å²) >= 11 is 3.37. The molecule has 2 heterocycles. The van der Waals surface area contributed by atoms with Crippen LogP contribution < -0.4 is 10.2 Å². The number of rotatable bonds is 8. The predicted octanol–water partition coefficient (Wildman–Crippen LogP) is 6.94.